The lowest BCUT2D eigenvalue weighted by molar-refractivity contribution is -0.0471. The summed E-state index contributed by atoms with van der Waals surface area (Å²) in [5.41, 5.74) is 5.05. The molecule has 0 spiro atoms. The summed E-state index contributed by atoms with van der Waals surface area (Å²) in [7, 11) is 0. The maximum absolute atomic E-state index is 10.3. The van der Waals surface area contributed by atoms with Crippen LogP contribution in [0.3, 0.4) is 0 Å². The van der Waals surface area contributed by atoms with E-state index in [4.69, 9.17) is 12.2 Å². The third-order valence-corrected chi connectivity index (χ3v) is 9.67. The summed E-state index contributed by atoms with van der Waals surface area (Å²) in [6.45, 7) is 7.50. The Hall–Kier alpha value is -0.990. The molecule has 1 nitrogen and oxygen atoms in total. The second kappa shape index (κ2) is 6.51. The first-order valence-corrected chi connectivity index (χ1v) is 11.8. The van der Waals surface area contributed by atoms with Crippen molar-refractivity contribution in [3.8, 4) is 0 Å². The molecule has 5 aliphatic rings. The zero-order valence-electron chi connectivity index (χ0n) is 17.6. The molecule has 0 heterocycles. The predicted molar refractivity (Wildman–Crippen MR) is 120 cm³/mol. The Labute approximate surface area is 175 Å². The quantitative estimate of drug-likeness (QED) is 0.413. The molecule has 0 aromatic carbocycles. The van der Waals surface area contributed by atoms with Gasteiger partial charge in [0.2, 0.25) is 0 Å². The van der Waals surface area contributed by atoms with Crippen LogP contribution in [0.25, 0.3) is 0 Å². The number of allylic oxidation sites excluding steroid dienone is 7. The van der Waals surface area contributed by atoms with Crippen molar-refractivity contribution in [2.24, 2.45) is 34.5 Å². The van der Waals surface area contributed by atoms with Crippen molar-refractivity contribution in [2.75, 3.05) is 0 Å². The third-order valence-electron chi connectivity index (χ3n) is 9.28. The van der Waals surface area contributed by atoms with Crippen LogP contribution >= 0.6 is 12.2 Å². The third kappa shape index (κ3) is 2.56. The number of thiocarbonyl (C=S) groups is 1. The lowest BCUT2D eigenvalue weighted by Gasteiger charge is -2.59. The van der Waals surface area contributed by atoms with E-state index in [1.54, 1.807) is 11.1 Å². The monoisotopic (exact) mass is 394 g/mol. The fourth-order valence-electron chi connectivity index (χ4n) is 7.77. The molecule has 2 fully saturated rings. The summed E-state index contributed by atoms with van der Waals surface area (Å²) in [6.07, 6.45) is 19.4. The predicted octanol–water partition coefficient (Wildman–Crippen LogP) is 6.35. The number of aliphatic hydroxyl groups excluding tert-OH is 1. The molecular weight excluding hydrogens is 360 g/mol. The van der Waals surface area contributed by atoms with E-state index in [0.29, 0.717) is 11.3 Å². The van der Waals surface area contributed by atoms with Crippen molar-refractivity contribution >= 4 is 17.1 Å². The van der Waals surface area contributed by atoms with Crippen LogP contribution in [0, 0.1) is 34.5 Å². The molecule has 7 atom stereocenters. The maximum Gasteiger partial charge on any atom is 0.0577 e. The molecule has 0 bridgehead atoms. The van der Waals surface area contributed by atoms with Gasteiger partial charge in [-0.3, -0.25) is 0 Å². The lowest BCUT2D eigenvalue weighted by atomic mass is 9.45. The molecule has 2 heteroatoms. The van der Waals surface area contributed by atoms with E-state index in [1.165, 1.54) is 24.8 Å². The number of fused-ring (bicyclic) bond motifs is 5. The van der Waals surface area contributed by atoms with Crippen LogP contribution in [-0.2, 0) is 0 Å². The zero-order chi connectivity index (χ0) is 19.7. The first kappa shape index (κ1) is 19.0. The molecule has 0 aromatic heterocycles. The summed E-state index contributed by atoms with van der Waals surface area (Å²) in [5, 5.41) is 10.3. The minimum Gasteiger partial charge on any atom is -0.393 e. The highest BCUT2D eigenvalue weighted by Gasteiger charge is 2.58. The van der Waals surface area contributed by atoms with Crippen molar-refractivity contribution in [1.82, 2.24) is 0 Å². The van der Waals surface area contributed by atoms with E-state index >= 15 is 0 Å². The molecule has 0 aromatic rings. The van der Waals surface area contributed by atoms with Gasteiger partial charge < -0.3 is 5.11 Å². The topological polar surface area (TPSA) is 20.2 Å². The molecule has 0 radical (unpaired) electrons. The van der Waals surface area contributed by atoms with Crippen LogP contribution in [0.1, 0.15) is 65.7 Å². The molecule has 1 N–H and O–H groups in total. The average Bonchev–Trinajstić information content (AvgIpc) is 3.01. The van der Waals surface area contributed by atoms with Gasteiger partial charge in [-0.2, -0.15) is 0 Å². The van der Waals surface area contributed by atoms with Crippen LogP contribution in [0.15, 0.2) is 47.1 Å². The second-order valence-electron chi connectivity index (χ2n) is 10.6. The van der Waals surface area contributed by atoms with Gasteiger partial charge in [-0.05, 0) is 84.2 Å². The van der Waals surface area contributed by atoms with E-state index in [0.717, 1.165) is 48.3 Å². The van der Waals surface area contributed by atoms with Crippen molar-refractivity contribution in [1.29, 1.82) is 0 Å². The first-order chi connectivity index (χ1) is 13.3. The van der Waals surface area contributed by atoms with Crippen LogP contribution in [-0.4, -0.2) is 16.1 Å². The van der Waals surface area contributed by atoms with E-state index in [9.17, 15) is 5.11 Å². The molecule has 2 saturated carbocycles. The van der Waals surface area contributed by atoms with Gasteiger partial charge in [0.1, 0.15) is 0 Å². The lowest BCUT2D eigenvalue weighted by Crippen LogP contribution is -2.52. The summed E-state index contributed by atoms with van der Waals surface area (Å²) >= 11 is 5.76. The minimum atomic E-state index is -0.121. The molecular formula is C26H34OS. The molecule has 5 aliphatic carbocycles. The van der Waals surface area contributed by atoms with Gasteiger partial charge in [-0.1, -0.05) is 68.9 Å². The molecule has 0 saturated heterocycles. The van der Waals surface area contributed by atoms with Crippen molar-refractivity contribution in [2.45, 2.75) is 71.8 Å². The van der Waals surface area contributed by atoms with Crippen LogP contribution < -0.4 is 0 Å². The van der Waals surface area contributed by atoms with Gasteiger partial charge in [0.15, 0.2) is 0 Å². The van der Waals surface area contributed by atoms with Crippen molar-refractivity contribution < 1.29 is 5.11 Å². The second-order valence-corrected chi connectivity index (χ2v) is 11.1. The zero-order valence-corrected chi connectivity index (χ0v) is 18.4. The normalized spacial score (nSPS) is 47.5. The Morgan fingerprint density at radius 3 is 2.68 bits per heavy atom. The molecule has 0 unspecified atom stereocenters. The Bertz CT molecular complexity index is 829. The maximum atomic E-state index is 10.3. The molecule has 0 amide bonds. The Kier molecular flexibility index (Phi) is 4.41. The molecule has 0 aliphatic heterocycles. The fraction of sp³-hybridized carbons (Fsp3) is 0.654. The first-order valence-electron chi connectivity index (χ1n) is 11.3. The average molecular weight is 395 g/mol. The summed E-state index contributed by atoms with van der Waals surface area (Å²) in [6, 6.07) is 0. The number of rotatable bonds is 1. The van der Waals surface area contributed by atoms with Crippen LogP contribution in [0.5, 0.6) is 0 Å². The number of hydrogen-bond acceptors (Lipinski definition) is 2. The van der Waals surface area contributed by atoms with E-state index < -0.39 is 0 Å². The van der Waals surface area contributed by atoms with Gasteiger partial charge in [-0.15, -0.1) is 0 Å². The highest BCUT2D eigenvalue weighted by Crippen LogP contribution is 2.66. The fourth-order valence-corrected chi connectivity index (χ4v) is 8.04. The smallest absolute Gasteiger partial charge is 0.0577 e. The van der Waals surface area contributed by atoms with Gasteiger partial charge in [-0.25, -0.2) is 0 Å². The Balaban J connectivity index is 1.51. The molecule has 150 valence electrons. The van der Waals surface area contributed by atoms with Crippen LogP contribution in [0.2, 0.25) is 0 Å². The molecule has 28 heavy (non-hydrogen) atoms. The van der Waals surface area contributed by atoms with Crippen molar-refractivity contribution in [3.05, 3.63) is 47.1 Å². The van der Waals surface area contributed by atoms with E-state index in [2.05, 4.69) is 51.2 Å². The van der Waals surface area contributed by atoms with Crippen LogP contribution in [0.4, 0.5) is 0 Å². The summed E-state index contributed by atoms with van der Waals surface area (Å²) in [4.78, 5) is 1.13. The van der Waals surface area contributed by atoms with E-state index in [1.807, 2.05) is 0 Å². The SMILES string of the molecule is C[C@@H]1C=C2C[C@H](O)CC[C@]2(C)[C@H]2CC[C@]3(C)C(C4=CC=CCC4=S)=CC[C@H]3[C@H]12. The van der Waals surface area contributed by atoms with Crippen molar-refractivity contribution in [3.63, 3.8) is 0 Å². The molecule has 5 rings (SSSR count). The van der Waals surface area contributed by atoms with Gasteiger partial charge in [0, 0.05) is 11.3 Å². The Morgan fingerprint density at radius 1 is 1.11 bits per heavy atom. The minimum absolute atomic E-state index is 0.121. The summed E-state index contributed by atoms with van der Waals surface area (Å²) in [5.74, 6) is 2.87. The van der Waals surface area contributed by atoms with Gasteiger partial charge in [0.05, 0.1) is 6.10 Å². The highest BCUT2D eigenvalue weighted by molar-refractivity contribution is 7.80. The highest BCUT2D eigenvalue weighted by atomic mass is 32.1. The van der Waals surface area contributed by atoms with Gasteiger partial charge >= 0.3 is 0 Å². The largest absolute Gasteiger partial charge is 0.393 e. The summed E-state index contributed by atoms with van der Waals surface area (Å²) < 4.78 is 0. The van der Waals surface area contributed by atoms with Gasteiger partial charge in [0.25, 0.3) is 0 Å². The number of aliphatic hydroxyl groups is 1. The Morgan fingerprint density at radius 2 is 1.89 bits per heavy atom. The van der Waals surface area contributed by atoms with E-state index in [-0.39, 0.29) is 11.5 Å². The standard InChI is InChI=1S/C26H34OS/c1-16-14-17-15-18(27)10-12-25(17,2)22-11-13-26(3)20(8-9-21(26)24(16)22)19-6-4-5-7-23(19)28/h4-6,8,14,16,18,21-22,24,27H,7,9-13,15H2,1-3H3/t16-,18-,21+,22+,24+,25+,26-/m1/s1. The number of hydrogen-bond donors (Lipinski definition) is 1.